The summed E-state index contributed by atoms with van der Waals surface area (Å²) in [4.78, 5) is 29.1. The van der Waals surface area contributed by atoms with Gasteiger partial charge in [0.2, 0.25) is 0 Å². The molecule has 0 aliphatic carbocycles. The zero-order chi connectivity index (χ0) is 19.2. The highest BCUT2D eigenvalue weighted by Crippen LogP contribution is 2.16. The fourth-order valence-corrected chi connectivity index (χ4v) is 2.53. The predicted octanol–water partition coefficient (Wildman–Crippen LogP) is 2.56. The molecule has 0 radical (unpaired) electrons. The van der Waals surface area contributed by atoms with E-state index in [0.29, 0.717) is 36.1 Å². The SMILES string of the molecule is O=C(NCCc1noc(-c2ccccc2)n1)c1cnc(-c2cccnc2)nc1. The predicted molar refractivity (Wildman–Crippen MR) is 101 cm³/mol. The van der Waals surface area contributed by atoms with Crippen LogP contribution in [0.1, 0.15) is 16.2 Å². The van der Waals surface area contributed by atoms with Crippen molar-refractivity contribution in [3.63, 3.8) is 0 Å². The van der Waals surface area contributed by atoms with Crippen LogP contribution in [0.4, 0.5) is 0 Å². The maximum absolute atomic E-state index is 12.2. The normalized spacial score (nSPS) is 10.6. The first-order valence-electron chi connectivity index (χ1n) is 8.68. The molecule has 0 atom stereocenters. The van der Waals surface area contributed by atoms with Crippen LogP contribution in [0.5, 0.6) is 0 Å². The molecule has 1 amide bonds. The standard InChI is InChI=1S/C20H16N6O2/c27-19(16-12-23-18(24-13-16)15-7-4-9-21-11-15)22-10-8-17-25-20(28-26-17)14-5-2-1-3-6-14/h1-7,9,11-13H,8,10H2,(H,22,27). The van der Waals surface area contributed by atoms with E-state index in [1.54, 1.807) is 18.5 Å². The summed E-state index contributed by atoms with van der Waals surface area (Å²) in [5.41, 5.74) is 2.03. The fraction of sp³-hybridized carbons (Fsp3) is 0.100. The lowest BCUT2D eigenvalue weighted by molar-refractivity contribution is 0.0953. The summed E-state index contributed by atoms with van der Waals surface area (Å²) in [5.74, 6) is 1.25. The number of amides is 1. The Labute approximate surface area is 160 Å². The number of nitrogens with zero attached hydrogens (tertiary/aromatic N) is 5. The van der Waals surface area contributed by atoms with E-state index < -0.39 is 0 Å². The first kappa shape index (κ1) is 17.5. The average molecular weight is 372 g/mol. The summed E-state index contributed by atoms with van der Waals surface area (Å²) in [6.07, 6.45) is 6.79. The van der Waals surface area contributed by atoms with Crippen molar-refractivity contribution in [2.24, 2.45) is 0 Å². The Balaban J connectivity index is 1.32. The van der Waals surface area contributed by atoms with Gasteiger partial charge in [0, 0.05) is 48.9 Å². The molecule has 0 aliphatic heterocycles. The molecule has 28 heavy (non-hydrogen) atoms. The molecule has 8 heteroatoms. The van der Waals surface area contributed by atoms with Gasteiger partial charge in [0.05, 0.1) is 5.56 Å². The van der Waals surface area contributed by atoms with Crippen LogP contribution >= 0.6 is 0 Å². The number of carbonyl (C=O) groups excluding carboxylic acids is 1. The van der Waals surface area contributed by atoms with Gasteiger partial charge in [-0.3, -0.25) is 9.78 Å². The smallest absolute Gasteiger partial charge is 0.257 e. The largest absolute Gasteiger partial charge is 0.351 e. The topological polar surface area (TPSA) is 107 Å². The maximum Gasteiger partial charge on any atom is 0.257 e. The lowest BCUT2D eigenvalue weighted by Crippen LogP contribution is -2.26. The lowest BCUT2D eigenvalue weighted by Gasteiger charge is -2.04. The molecule has 0 fully saturated rings. The van der Waals surface area contributed by atoms with E-state index in [4.69, 9.17) is 4.52 Å². The minimum atomic E-state index is -0.260. The average Bonchev–Trinajstić information content (AvgIpc) is 3.24. The molecule has 0 unspecified atom stereocenters. The quantitative estimate of drug-likeness (QED) is 0.554. The Morgan fingerprint density at radius 1 is 0.964 bits per heavy atom. The Morgan fingerprint density at radius 3 is 2.50 bits per heavy atom. The number of hydrogen-bond donors (Lipinski definition) is 1. The maximum atomic E-state index is 12.2. The first-order valence-corrected chi connectivity index (χ1v) is 8.68. The number of aromatic nitrogens is 5. The van der Waals surface area contributed by atoms with Gasteiger partial charge >= 0.3 is 0 Å². The molecule has 0 bridgehead atoms. The van der Waals surface area contributed by atoms with Gasteiger partial charge in [0.1, 0.15) is 0 Å². The van der Waals surface area contributed by atoms with Gasteiger partial charge in [0.15, 0.2) is 11.6 Å². The van der Waals surface area contributed by atoms with Crippen LogP contribution < -0.4 is 5.32 Å². The molecule has 3 heterocycles. The number of carbonyl (C=O) groups is 1. The Kier molecular flexibility index (Phi) is 5.10. The molecule has 0 spiro atoms. The third-order valence-corrected chi connectivity index (χ3v) is 3.96. The van der Waals surface area contributed by atoms with Crippen molar-refractivity contribution in [3.05, 3.63) is 78.6 Å². The second-order valence-corrected chi connectivity index (χ2v) is 5.92. The van der Waals surface area contributed by atoms with Crippen LogP contribution in [0.25, 0.3) is 22.8 Å². The summed E-state index contributed by atoms with van der Waals surface area (Å²) in [6.45, 7) is 0.372. The van der Waals surface area contributed by atoms with E-state index in [-0.39, 0.29) is 5.91 Å². The Hall–Kier alpha value is -3.94. The zero-order valence-corrected chi connectivity index (χ0v) is 14.8. The van der Waals surface area contributed by atoms with Gasteiger partial charge in [-0.1, -0.05) is 23.4 Å². The first-order chi connectivity index (χ1) is 13.8. The van der Waals surface area contributed by atoms with Gasteiger partial charge in [-0.25, -0.2) is 9.97 Å². The summed E-state index contributed by atoms with van der Waals surface area (Å²) >= 11 is 0. The van der Waals surface area contributed by atoms with Gasteiger partial charge in [-0.05, 0) is 24.3 Å². The summed E-state index contributed by atoms with van der Waals surface area (Å²) in [6, 6.07) is 13.2. The van der Waals surface area contributed by atoms with Crippen molar-refractivity contribution in [1.29, 1.82) is 0 Å². The molecule has 0 saturated heterocycles. The molecule has 138 valence electrons. The van der Waals surface area contributed by atoms with Gasteiger partial charge in [-0.15, -0.1) is 0 Å². The fourth-order valence-electron chi connectivity index (χ4n) is 2.53. The molecule has 4 rings (SSSR count). The second-order valence-electron chi connectivity index (χ2n) is 5.92. The van der Waals surface area contributed by atoms with Crippen molar-refractivity contribution in [1.82, 2.24) is 30.4 Å². The zero-order valence-electron chi connectivity index (χ0n) is 14.8. The number of rotatable bonds is 6. The molecular weight excluding hydrogens is 356 g/mol. The van der Waals surface area contributed by atoms with Crippen LogP contribution in [0, 0.1) is 0 Å². The van der Waals surface area contributed by atoms with E-state index in [0.717, 1.165) is 11.1 Å². The Bertz CT molecular complexity index is 1050. The highest BCUT2D eigenvalue weighted by molar-refractivity contribution is 5.93. The van der Waals surface area contributed by atoms with E-state index in [1.807, 2.05) is 36.4 Å². The molecule has 0 saturated carbocycles. The number of hydrogen-bond acceptors (Lipinski definition) is 7. The van der Waals surface area contributed by atoms with Crippen LogP contribution in [0.15, 0.2) is 71.8 Å². The van der Waals surface area contributed by atoms with E-state index in [9.17, 15) is 4.79 Å². The Morgan fingerprint density at radius 2 is 1.75 bits per heavy atom. The lowest BCUT2D eigenvalue weighted by atomic mass is 10.2. The van der Waals surface area contributed by atoms with Gasteiger partial charge < -0.3 is 9.84 Å². The molecule has 1 N–H and O–H groups in total. The van der Waals surface area contributed by atoms with E-state index in [2.05, 4.69) is 30.4 Å². The highest BCUT2D eigenvalue weighted by atomic mass is 16.5. The van der Waals surface area contributed by atoms with E-state index in [1.165, 1.54) is 12.4 Å². The number of nitrogens with one attached hydrogen (secondary N) is 1. The van der Waals surface area contributed by atoms with Crippen molar-refractivity contribution in [2.75, 3.05) is 6.54 Å². The molecule has 4 aromatic rings. The molecule has 1 aromatic carbocycles. The van der Waals surface area contributed by atoms with Gasteiger partial charge in [0.25, 0.3) is 11.8 Å². The van der Waals surface area contributed by atoms with Crippen LogP contribution in [-0.4, -0.2) is 37.5 Å². The third-order valence-electron chi connectivity index (χ3n) is 3.96. The number of pyridine rings is 1. The monoisotopic (exact) mass is 372 g/mol. The minimum absolute atomic E-state index is 0.260. The van der Waals surface area contributed by atoms with Crippen LogP contribution in [0.2, 0.25) is 0 Å². The minimum Gasteiger partial charge on any atom is -0.351 e. The summed E-state index contributed by atoms with van der Waals surface area (Å²) in [7, 11) is 0. The summed E-state index contributed by atoms with van der Waals surface area (Å²) < 4.78 is 5.25. The molecule has 3 aromatic heterocycles. The van der Waals surface area contributed by atoms with Crippen molar-refractivity contribution < 1.29 is 9.32 Å². The third kappa shape index (κ3) is 4.07. The molecule has 0 aliphatic rings. The van der Waals surface area contributed by atoms with E-state index >= 15 is 0 Å². The van der Waals surface area contributed by atoms with Crippen LogP contribution in [-0.2, 0) is 6.42 Å². The molecular formula is C20H16N6O2. The van der Waals surface area contributed by atoms with Gasteiger partial charge in [-0.2, -0.15) is 4.98 Å². The van der Waals surface area contributed by atoms with Crippen molar-refractivity contribution in [2.45, 2.75) is 6.42 Å². The summed E-state index contributed by atoms with van der Waals surface area (Å²) in [5, 5.41) is 6.74. The number of benzene rings is 1. The molecule has 8 nitrogen and oxygen atoms in total. The van der Waals surface area contributed by atoms with Crippen LogP contribution in [0.3, 0.4) is 0 Å². The van der Waals surface area contributed by atoms with Crippen molar-refractivity contribution >= 4 is 5.91 Å². The highest BCUT2D eigenvalue weighted by Gasteiger charge is 2.11. The van der Waals surface area contributed by atoms with Crippen molar-refractivity contribution in [3.8, 4) is 22.8 Å². The second kappa shape index (κ2) is 8.17.